The monoisotopic (exact) mass is 156 g/mol. The van der Waals surface area contributed by atoms with Crippen LogP contribution in [-0.2, 0) is 4.84 Å². The van der Waals surface area contributed by atoms with Gasteiger partial charge in [-0.2, -0.15) is 5.06 Å². The van der Waals surface area contributed by atoms with Gasteiger partial charge in [-0.05, 0) is 25.8 Å². The normalized spacial score (nSPS) is 34.4. The van der Waals surface area contributed by atoms with Crippen LogP contribution in [0.4, 0.5) is 0 Å². The van der Waals surface area contributed by atoms with Crippen LogP contribution < -0.4 is 5.32 Å². The third kappa shape index (κ3) is 1.72. The van der Waals surface area contributed by atoms with E-state index in [2.05, 4.69) is 10.4 Å². The number of hydrogen-bond donors (Lipinski definition) is 1. The Bertz CT molecular complexity index is 117. The SMILES string of the molecule is C1CCN(C2CCNC2)OC1. The first-order valence-corrected chi connectivity index (χ1v) is 4.57. The first-order valence-electron chi connectivity index (χ1n) is 4.57. The van der Waals surface area contributed by atoms with Gasteiger partial charge in [0.2, 0.25) is 0 Å². The Balaban J connectivity index is 1.82. The Morgan fingerprint density at radius 2 is 2.36 bits per heavy atom. The molecule has 0 amide bonds. The molecule has 0 aromatic heterocycles. The van der Waals surface area contributed by atoms with E-state index in [4.69, 9.17) is 4.84 Å². The number of hydroxylamine groups is 2. The fraction of sp³-hybridized carbons (Fsp3) is 1.00. The molecule has 2 saturated heterocycles. The number of nitrogens with zero attached hydrogens (tertiary/aromatic N) is 1. The molecule has 11 heavy (non-hydrogen) atoms. The molecule has 2 fully saturated rings. The maximum absolute atomic E-state index is 5.56. The van der Waals surface area contributed by atoms with Crippen LogP contribution >= 0.6 is 0 Å². The minimum Gasteiger partial charge on any atom is -0.315 e. The molecule has 0 radical (unpaired) electrons. The van der Waals surface area contributed by atoms with Crippen molar-refractivity contribution in [3.63, 3.8) is 0 Å². The van der Waals surface area contributed by atoms with Crippen LogP contribution in [0.2, 0.25) is 0 Å². The van der Waals surface area contributed by atoms with Crippen LogP contribution in [0.5, 0.6) is 0 Å². The molecular formula is C8H16N2O. The van der Waals surface area contributed by atoms with E-state index in [9.17, 15) is 0 Å². The van der Waals surface area contributed by atoms with Crippen LogP contribution in [0.15, 0.2) is 0 Å². The Morgan fingerprint density at radius 1 is 1.36 bits per heavy atom. The van der Waals surface area contributed by atoms with Crippen molar-refractivity contribution in [2.75, 3.05) is 26.2 Å². The van der Waals surface area contributed by atoms with E-state index in [0.717, 1.165) is 26.2 Å². The van der Waals surface area contributed by atoms with Crippen LogP contribution in [-0.4, -0.2) is 37.3 Å². The third-order valence-electron chi connectivity index (χ3n) is 2.47. The van der Waals surface area contributed by atoms with E-state index in [1.165, 1.54) is 19.3 Å². The summed E-state index contributed by atoms with van der Waals surface area (Å²) in [7, 11) is 0. The van der Waals surface area contributed by atoms with Gasteiger partial charge in [-0.1, -0.05) is 0 Å². The van der Waals surface area contributed by atoms with Crippen molar-refractivity contribution in [1.82, 2.24) is 10.4 Å². The average Bonchev–Trinajstić information content (AvgIpc) is 2.58. The third-order valence-corrected chi connectivity index (χ3v) is 2.47. The van der Waals surface area contributed by atoms with Crippen molar-refractivity contribution in [3.8, 4) is 0 Å². The first-order chi connectivity index (χ1) is 5.47. The summed E-state index contributed by atoms with van der Waals surface area (Å²) in [5, 5.41) is 5.52. The lowest BCUT2D eigenvalue weighted by Gasteiger charge is -2.30. The smallest absolute Gasteiger partial charge is 0.0685 e. The number of hydrogen-bond acceptors (Lipinski definition) is 3. The molecule has 64 valence electrons. The Kier molecular flexibility index (Phi) is 2.41. The zero-order valence-electron chi connectivity index (χ0n) is 6.88. The second-order valence-corrected chi connectivity index (χ2v) is 3.33. The summed E-state index contributed by atoms with van der Waals surface area (Å²) >= 11 is 0. The highest BCUT2D eigenvalue weighted by molar-refractivity contribution is 4.77. The Hall–Kier alpha value is -0.120. The van der Waals surface area contributed by atoms with Crippen LogP contribution in [0.1, 0.15) is 19.3 Å². The number of rotatable bonds is 1. The van der Waals surface area contributed by atoms with Crippen molar-refractivity contribution < 1.29 is 4.84 Å². The van der Waals surface area contributed by atoms with Crippen molar-refractivity contribution in [3.05, 3.63) is 0 Å². The molecule has 0 bridgehead atoms. The molecule has 0 aromatic carbocycles. The quantitative estimate of drug-likeness (QED) is 0.594. The maximum Gasteiger partial charge on any atom is 0.0685 e. The lowest BCUT2D eigenvalue weighted by atomic mass is 10.2. The van der Waals surface area contributed by atoms with Crippen LogP contribution in [0.3, 0.4) is 0 Å². The van der Waals surface area contributed by atoms with E-state index < -0.39 is 0 Å². The van der Waals surface area contributed by atoms with Gasteiger partial charge in [0, 0.05) is 19.1 Å². The summed E-state index contributed by atoms with van der Waals surface area (Å²) in [6, 6.07) is 0.648. The zero-order chi connectivity index (χ0) is 7.52. The molecular weight excluding hydrogens is 140 g/mol. The Morgan fingerprint density at radius 3 is 3.00 bits per heavy atom. The topological polar surface area (TPSA) is 24.5 Å². The number of nitrogens with one attached hydrogen (secondary N) is 1. The molecule has 1 N–H and O–H groups in total. The Labute approximate surface area is 67.7 Å². The predicted molar refractivity (Wildman–Crippen MR) is 43.2 cm³/mol. The van der Waals surface area contributed by atoms with E-state index in [-0.39, 0.29) is 0 Å². The molecule has 3 heteroatoms. The minimum atomic E-state index is 0.648. The molecule has 1 atom stereocenters. The van der Waals surface area contributed by atoms with Gasteiger partial charge in [-0.3, -0.25) is 4.84 Å². The second-order valence-electron chi connectivity index (χ2n) is 3.33. The van der Waals surface area contributed by atoms with Crippen LogP contribution in [0.25, 0.3) is 0 Å². The molecule has 2 aliphatic heterocycles. The van der Waals surface area contributed by atoms with Crippen molar-refractivity contribution in [2.45, 2.75) is 25.3 Å². The highest BCUT2D eigenvalue weighted by atomic mass is 16.7. The first kappa shape index (κ1) is 7.53. The molecule has 2 heterocycles. The lowest BCUT2D eigenvalue weighted by molar-refractivity contribution is -0.202. The molecule has 0 aliphatic carbocycles. The summed E-state index contributed by atoms with van der Waals surface area (Å²) < 4.78 is 0. The van der Waals surface area contributed by atoms with E-state index >= 15 is 0 Å². The fourth-order valence-electron chi connectivity index (χ4n) is 1.79. The largest absolute Gasteiger partial charge is 0.315 e. The average molecular weight is 156 g/mol. The fourth-order valence-corrected chi connectivity index (χ4v) is 1.79. The summed E-state index contributed by atoms with van der Waals surface area (Å²) in [6.45, 7) is 4.33. The maximum atomic E-state index is 5.56. The molecule has 2 rings (SSSR count). The van der Waals surface area contributed by atoms with E-state index in [1.807, 2.05) is 0 Å². The lowest BCUT2D eigenvalue weighted by Crippen LogP contribution is -2.40. The molecule has 3 nitrogen and oxygen atoms in total. The van der Waals surface area contributed by atoms with Crippen molar-refractivity contribution >= 4 is 0 Å². The van der Waals surface area contributed by atoms with Gasteiger partial charge in [0.25, 0.3) is 0 Å². The second kappa shape index (κ2) is 3.52. The van der Waals surface area contributed by atoms with Gasteiger partial charge in [0.1, 0.15) is 0 Å². The van der Waals surface area contributed by atoms with Gasteiger partial charge in [0.05, 0.1) is 6.61 Å². The predicted octanol–water partition coefficient (Wildman–Crippen LogP) is 0.376. The highest BCUT2D eigenvalue weighted by Crippen LogP contribution is 2.14. The van der Waals surface area contributed by atoms with E-state index in [0.29, 0.717) is 6.04 Å². The summed E-state index contributed by atoms with van der Waals surface area (Å²) in [4.78, 5) is 5.56. The van der Waals surface area contributed by atoms with Gasteiger partial charge in [0.15, 0.2) is 0 Å². The molecule has 0 saturated carbocycles. The standard InChI is InChI=1S/C8H16N2O/c1-2-6-11-10(5-1)8-3-4-9-7-8/h8-9H,1-7H2. The summed E-state index contributed by atoms with van der Waals surface area (Å²) in [5.41, 5.74) is 0. The highest BCUT2D eigenvalue weighted by Gasteiger charge is 2.24. The molecule has 0 spiro atoms. The van der Waals surface area contributed by atoms with Crippen molar-refractivity contribution in [1.29, 1.82) is 0 Å². The summed E-state index contributed by atoms with van der Waals surface area (Å²) in [6.07, 6.45) is 3.78. The molecule has 2 aliphatic rings. The zero-order valence-corrected chi connectivity index (χ0v) is 6.88. The van der Waals surface area contributed by atoms with Gasteiger partial charge in [-0.25, -0.2) is 0 Å². The van der Waals surface area contributed by atoms with Gasteiger partial charge < -0.3 is 5.32 Å². The van der Waals surface area contributed by atoms with Crippen LogP contribution in [0, 0.1) is 0 Å². The van der Waals surface area contributed by atoms with Crippen molar-refractivity contribution in [2.24, 2.45) is 0 Å². The van der Waals surface area contributed by atoms with E-state index in [1.54, 1.807) is 0 Å². The molecule has 1 unspecified atom stereocenters. The summed E-state index contributed by atoms with van der Waals surface area (Å²) in [5.74, 6) is 0. The minimum absolute atomic E-state index is 0.648. The van der Waals surface area contributed by atoms with Gasteiger partial charge >= 0.3 is 0 Å². The molecule has 0 aromatic rings. The van der Waals surface area contributed by atoms with Gasteiger partial charge in [-0.15, -0.1) is 0 Å².